The number of carbonyl (C=O) groups is 3. The van der Waals surface area contributed by atoms with Crippen LogP contribution in [0.5, 0.6) is 17.2 Å². The highest BCUT2D eigenvalue weighted by atomic mass is 16.5. The Bertz CT molecular complexity index is 1510. The molecule has 1 heterocycles. The summed E-state index contributed by atoms with van der Waals surface area (Å²) in [5.74, 6) is -3.90. The highest BCUT2D eigenvalue weighted by Crippen LogP contribution is 2.50. The molecule has 4 N–H and O–H groups in total. The van der Waals surface area contributed by atoms with Crippen molar-refractivity contribution in [3.8, 4) is 17.2 Å². The molecule has 0 saturated carbocycles. The standard InChI is InChI=1S/C35H44O8/c1-9-11-25(37)27-29(39)23(28(38)22-15-16-34(6,7)43-31(22)27)18-24-30(40)26(21(5)36)33(42)35(8,32(24)41)17-14-20(4)13-10-12-19(2)3/h12,14-16,38-41H,9-11,13,17-18H2,1-8H3. The average Bonchev–Trinajstić information content (AvgIpc) is 2.90. The van der Waals surface area contributed by atoms with E-state index in [1.807, 2.05) is 33.8 Å². The lowest BCUT2D eigenvalue weighted by atomic mass is 9.70. The number of ketones is 3. The van der Waals surface area contributed by atoms with Gasteiger partial charge < -0.3 is 25.2 Å². The third kappa shape index (κ3) is 6.63. The Balaban J connectivity index is 2.21. The second-order valence-electron chi connectivity index (χ2n) is 12.5. The molecule has 0 aromatic heterocycles. The minimum Gasteiger partial charge on any atom is -0.511 e. The van der Waals surface area contributed by atoms with Crippen molar-refractivity contribution in [1.82, 2.24) is 0 Å². The van der Waals surface area contributed by atoms with Crippen LogP contribution in [-0.2, 0) is 16.0 Å². The lowest BCUT2D eigenvalue weighted by molar-refractivity contribution is -0.127. The monoisotopic (exact) mass is 592 g/mol. The fraction of sp³-hybridized carbons (Fsp3) is 0.457. The van der Waals surface area contributed by atoms with Crippen molar-refractivity contribution in [2.45, 2.75) is 99.5 Å². The molecule has 1 aromatic rings. The first kappa shape index (κ1) is 33.4. The maximum atomic E-state index is 13.6. The van der Waals surface area contributed by atoms with Crippen LogP contribution in [0, 0.1) is 5.41 Å². The second kappa shape index (κ2) is 12.7. The molecule has 43 heavy (non-hydrogen) atoms. The summed E-state index contributed by atoms with van der Waals surface area (Å²) in [7, 11) is 0. The lowest BCUT2D eigenvalue weighted by Crippen LogP contribution is -2.38. The van der Waals surface area contributed by atoms with E-state index in [1.165, 1.54) is 12.5 Å². The highest BCUT2D eigenvalue weighted by Gasteiger charge is 2.47. The molecule has 0 bridgehead atoms. The number of hydrogen-bond donors (Lipinski definition) is 4. The summed E-state index contributed by atoms with van der Waals surface area (Å²) in [4.78, 5) is 39.4. The minimum absolute atomic E-state index is 0.0458. The van der Waals surface area contributed by atoms with E-state index in [1.54, 1.807) is 26.0 Å². The van der Waals surface area contributed by atoms with Crippen LogP contribution in [0.25, 0.3) is 6.08 Å². The molecule has 0 radical (unpaired) electrons. The highest BCUT2D eigenvalue weighted by molar-refractivity contribution is 6.23. The summed E-state index contributed by atoms with van der Waals surface area (Å²) in [6, 6.07) is 0. The van der Waals surface area contributed by atoms with E-state index in [0.717, 1.165) is 25.3 Å². The van der Waals surface area contributed by atoms with E-state index in [0.29, 0.717) is 6.42 Å². The molecule has 0 saturated heterocycles. The van der Waals surface area contributed by atoms with Crippen LogP contribution < -0.4 is 4.74 Å². The van der Waals surface area contributed by atoms with Crippen LogP contribution in [0.1, 0.15) is 109 Å². The zero-order valence-electron chi connectivity index (χ0n) is 26.5. The molecule has 8 nitrogen and oxygen atoms in total. The van der Waals surface area contributed by atoms with Crippen LogP contribution in [0.4, 0.5) is 0 Å². The van der Waals surface area contributed by atoms with Crippen molar-refractivity contribution in [2.75, 3.05) is 0 Å². The maximum absolute atomic E-state index is 13.6. The lowest BCUT2D eigenvalue weighted by Gasteiger charge is -2.34. The van der Waals surface area contributed by atoms with E-state index in [2.05, 4.69) is 6.08 Å². The summed E-state index contributed by atoms with van der Waals surface area (Å²) in [5, 5.41) is 45.5. The minimum atomic E-state index is -1.59. The molecule has 2 aliphatic rings. The predicted molar refractivity (Wildman–Crippen MR) is 167 cm³/mol. The Hall–Kier alpha value is -4.07. The van der Waals surface area contributed by atoms with Gasteiger partial charge in [0.1, 0.15) is 45.5 Å². The fourth-order valence-corrected chi connectivity index (χ4v) is 5.41. The molecule has 1 aliphatic carbocycles. The topological polar surface area (TPSA) is 141 Å². The van der Waals surface area contributed by atoms with Gasteiger partial charge in [0.15, 0.2) is 17.3 Å². The average molecular weight is 593 g/mol. The number of aromatic hydroxyl groups is 2. The number of phenols is 2. The number of rotatable bonds is 11. The van der Waals surface area contributed by atoms with Gasteiger partial charge in [0.2, 0.25) is 0 Å². The molecule has 1 atom stereocenters. The number of fused-ring (bicyclic) bond motifs is 1. The third-order valence-electron chi connectivity index (χ3n) is 8.02. The third-order valence-corrected chi connectivity index (χ3v) is 8.02. The van der Waals surface area contributed by atoms with Gasteiger partial charge in [-0.25, -0.2) is 0 Å². The molecular weight excluding hydrogens is 548 g/mol. The molecule has 8 heteroatoms. The van der Waals surface area contributed by atoms with Gasteiger partial charge in [-0.3, -0.25) is 14.4 Å². The molecule has 3 rings (SSSR count). The number of carbonyl (C=O) groups excluding carboxylic acids is 3. The van der Waals surface area contributed by atoms with Gasteiger partial charge >= 0.3 is 0 Å². The number of hydrogen-bond acceptors (Lipinski definition) is 8. The Morgan fingerprint density at radius 2 is 1.60 bits per heavy atom. The summed E-state index contributed by atoms with van der Waals surface area (Å²) < 4.78 is 6.01. The van der Waals surface area contributed by atoms with Gasteiger partial charge in [0.25, 0.3) is 0 Å². The number of Topliss-reactive ketones (excluding diaryl/α,β-unsaturated/α-hetero) is 3. The number of aliphatic hydroxyl groups excluding tert-OH is 2. The zero-order chi connectivity index (χ0) is 32.4. The van der Waals surface area contributed by atoms with Crippen LogP contribution >= 0.6 is 0 Å². The van der Waals surface area contributed by atoms with E-state index in [9.17, 15) is 34.8 Å². The SMILES string of the molecule is CCCC(=O)c1c(O)c(CC2=C(O)C(C)(CC=C(C)CCC=C(C)C)C(=O)C(C(C)=O)=C2O)c(O)c2c1OC(C)(C)C=C2. The number of aliphatic hydroxyl groups is 2. The predicted octanol–water partition coefficient (Wildman–Crippen LogP) is 7.69. The van der Waals surface area contributed by atoms with E-state index in [-0.39, 0.29) is 40.9 Å². The number of benzene rings is 1. The summed E-state index contributed by atoms with van der Waals surface area (Å²) in [5.41, 5.74) is -0.955. The Kier molecular flexibility index (Phi) is 9.84. The molecule has 1 aliphatic heterocycles. The van der Waals surface area contributed by atoms with Crippen molar-refractivity contribution < 1.29 is 39.5 Å². The Morgan fingerprint density at radius 1 is 0.953 bits per heavy atom. The number of phenolic OH excluding ortho intramolecular Hbond substituents is 2. The molecule has 0 amide bonds. The number of ether oxygens (including phenoxy) is 1. The number of allylic oxidation sites excluding steroid dienone is 7. The molecular formula is C35H44O8. The van der Waals surface area contributed by atoms with Crippen molar-refractivity contribution in [3.05, 3.63) is 68.7 Å². The van der Waals surface area contributed by atoms with Gasteiger partial charge in [-0.2, -0.15) is 0 Å². The van der Waals surface area contributed by atoms with E-state index in [4.69, 9.17) is 4.74 Å². The van der Waals surface area contributed by atoms with Gasteiger partial charge in [0.05, 0.1) is 11.0 Å². The van der Waals surface area contributed by atoms with Crippen molar-refractivity contribution in [3.63, 3.8) is 0 Å². The summed E-state index contributed by atoms with van der Waals surface area (Å²) in [6.45, 7) is 14.0. The fourth-order valence-electron chi connectivity index (χ4n) is 5.41. The van der Waals surface area contributed by atoms with Crippen molar-refractivity contribution in [2.24, 2.45) is 5.41 Å². The van der Waals surface area contributed by atoms with Crippen molar-refractivity contribution in [1.29, 1.82) is 0 Å². The first-order chi connectivity index (χ1) is 20.0. The Labute approximate surface area is 253 Å². The second-order valence-corrected chi connectivity index (χ2v) is 12.5. The summed E-state index contributed by atoms with van der Waals surface area (Å²) >= 11 is 0. The first-order valence-corrected chi connectivity index (χ1v) is 14.7. The molecule has 0 spiro atoms. The molecule has 232 valence electrons. The first-order valence-electron chi connectivity index (χ1n) is 14.7. The van der Waals surface area contributed by atoms with Gasteiger partial charge in [0, 0.05) is 24.0 Å². The molecule has 1 unspecified atom stereocenters. The largest absolute Gasteiger partial charge is 0.511 e. The van der Waals surface area contributed by atoms with Crippen LogP contribution in [0.3, 0.4) is 0 Å². The van der Waals surface area contributed by atoms with E-state index < -0.39 is 63.4 Å². The van der Waals surface area contributed by atoms with Crippen molar-refractivity contribution >= 4 is 23.4 Å². The maximum Gasteiger partial charge on any atom is 0.183 e. The Morgan fingerprint density at radius 3 is 2.19 bits per heavy atom. The van der Waals surface area contributed by atoms with E-state index >= 15 is 0 Å². The van der Waals surface area contributed by atoms with Crippen LogP contribution in [0.2, 0.25) is 0 Å². The van der Waals surface area contributed by atoms with Gasteiger partial charge in [-0.15, -0.1) is 0 Å². The van der Waals surface area contributed by atoms with Gasteiger partial charge in [-0.05, 0) is 86.3 Å². The molecule has 0 fully saturated rings. The molecule has 1 aromatic carbocycles. The zero-order valence-corrected chi connectivity index (χ0v) is 26.5. The smallest absolute Gasteiger partial charge is 0.183 e. The quantitative estimate of drug-likeness (QED) is 0.116. The van der Waals surface area contributed by atoms with Gasteiger partial charge in [-0.1, -0.05) is 30.2 Å². The van der Waals surface area contributed by atoms with Crippen LogP contribution in [0.15, 0.2) is 52.0 Å². The van der Waals surface area contributed by atoms with Crippen LogP contribution in [-0.4, -0.2) is 43.4 Å². The normalized spacial score (nSPS) is 19.7. The summed E-state index contributed by atoms with van der Waals surface area (Å²) in [6.07, 6.45) is 9.00.